The highest BCUT2D eigenvalue weighted by molar-refractivity contribution is 7.12. The minimum absolute atomic E-state index is 0.0766. The van der Waals surface area contributed by atoms with Crippen molar-refractivity contribution in [3.05, 3.63) is 87.1 Å². The lowest BCUT2D eigenvalue weighted by atomic mass is 10.0. The largest absolute Gasteiger partial charge is 0.349 e. The number of halogens is 1. The van der Waals surface area contributed by atoms with E-state index in [4.69, 9.17) is 11.6 Å². The molecule has 0 aliphatic carbocycles. The predicted molar refractivity (Wildman–Crippen MR) is 126 cm³/mol. The molecule has 1 aliphatic heterocycles. The highest BCUT2D eigenvalue weighted by Gasteiger charge is 2.21. The van der Waals surface area contributed by atoms with Crippen LogP contribution in [0.5, 0.6) is 0 Å². The molecular formula is C24H24ClN3O2S. The molecule has 1 aliphatic rings. The Hall–Kier alpha value is -2.67. The minimum Gasteiger partial charge on any atom is -0.349 e. The van der Waals surface area contributed by atoms with Crippen molar-refractivity contribution in [2.24, 2.45) is 0 Å². The van der Waals surface area contributed by atoms with E-state index in [0.29, 0.717) is 16.1 Å². The Morgan fingerprint density at radius 2 is 1.68 bits per heavy atom. The van der Waals surface area contributed by atoms with Crippen LogP contribution in [-0.2, 0) is 6.54 Å². The van der Waals surface area contributed by atoms with E-state index in [-0.39, 0.29) is 17.9 Å². The number of carbonyl (C=O) groups is 2. The molecule has 1 aromatic heterocycles. The fourth-order valence-corrected chi connectivity index (χ4v) is 4.40. The molecule has 4 rings (SSSR count). The van der Waals surface area contributed by atoms with Gasteiger partial charge in [0.25, 0.3) is 11.8 Å². The smallest absolute Gasteiger partial charge is 0.265 e. The first-order valence-corrected chi connectivity index (χ1v) is 11.6. The molecule has 0 bridgehead atoms. The molecule has 0 spiro atoms. The van der Waals surface area contributed by atoms with Gasteiger partial charge in [-0.05, 0) is 66.2 Å². The maximum atomic E-state index is 12.6. The topological polar surface area (TPSA) is 61.4 Å². The Bertz CT molecular complexity index is 1010. The number of thiophene rings is 1. The molecule has 31 heavy (non-hydrogen) atoms. The molecule has 2 aromatic carbocycles. The van der Waals surface area contributed by atoms with Crippen LogP contribution in [0.4, 0.5) is 5.69 Å². The summed E-state index contributed by atoms with van der Waals surface area (Å²) < 4.78 is 0. The van der Waals surface area contributed by atoms with Crippen LogP contribution >= 0.6 is 22.9 Å². The van der Waals surface area contributed by atoms with Crippen molar-refractivity contribution in [2.75, 3.05) is 18.4 Å². The van der Waals surface area contributed by atoms with Crippen LogP contribution in [0.1, 0.15) is 38.4 Å². The number of anilines is 1. The number of piperidine rings is 1. The van der Waals surface area contributed by atoms with Gasteiger partial charge in [-0.25, -0.2) is 0 Å². The van der Waals surface area contributed by atoms with Crippen molar-refractivity contribution >= 4 is 40.4 Å². The minimum atomic E-state index is -0.141. The van der Waals surface area contributed by atoms with E-state index in [1.54, 1.807) is 30.3 Å². The normalized spacial score (nSPS) is 14.9. The number of nitrogens with zero attached hydrogens (tertiary/aromatic N) is 1. The number of amides is 2. The monoisotopic (exact) mass is 453 g/mol. The van der Waals surface area contributed by atoms with Gasteiger partial charge in [-0.3, -0.25) is 14.5 Å². The van der Waals surface area contributed by atoms with Gasteiger partial charge >= 0.3 is 0 Å². The van der Waals surface area contributed by atoms with Gasteiger partial charge in [-0.1, -0.05) is 29.8 Å². The number of likely N-dealkylation sites (tertiary alicyclic amines) is 1. The number of rotatable bonds is 6. The SMILES string of the molecule is O=C(NC1CCN(Cc2ccc(Cl)cc2)CC1)c1ccc(NC(=O)c2cccs2)cc1. The zero-order chi connectivity index (χ0) is 21.6. The standard InChI is InChI=1S/C24H24ClN3O2S/c25-19-7-3-17(4-8-19)16-28-13-11-21(12-14-28)26-23(29)18-5-9-20(10-6-18)27-24(30)22-2-1-15-31-22/h1-10,15,21H,11-14,16H2,(H,26,29)(H,27,30). The second-order valence-electron chi connectivity index (χ2n) is 7.66. The Labute approximate surface area is 191 Å². The summed E-state index contributed by atoms with van der Waals surface area (Å²) in [6.45, 7) is 2.79. The van der Waals surface area contributed by atoms with Gasteiger partial charge < -0.3 is 10.6 Å². The van der Waals surface area contributed by atoms with Gasteiger partial charge in [0.05, 0.1) is 4.88 Å². The molecule has 1 fully saturated rings. The van der Waals surface area contributed by atoms with Crippen molar-refractivity contribution in [1.29, 1.82) is 0 Å². The van der Waals surface area contributed by atoms with E-state index in [1.165, 1.54) is 16.9 Å². The zero-order valence-electron chi connectivity index (χ0n) is 17.0. The number of carbonyl (C=O) groups excluding carboxylic acids is 2. The van der Waals surface area contributed by atoms with Crippen LogP contribution in [-0.4, -0.2) is 35.8 Å². The molecule has 2 amide bonds. The quantitative estimate of drug-likeness (QED) is 0.549. The molecule has 160 valence electrons. The van der Waals surface area contributed by atoms with Crippen LogP contribution in [0, 0.1) is 0 Å². The Kier molecular flexibility index (Phi) is 7.02. The maximum Gasteiger partial charge on any atom is 0.265 e. The first-order chi connectivity index (χ1) is 15.1. The lowest BCUT2D eigenvalue weighted by molar-refractivity contribution is 0.0908. The molecule has 5 nitrogen and oxygen atoms in total. The Morgan fingerprint density at radius 3 is 2.32 bits per heavy atom. The van der Waals surface area contributed by atoms with E-state index in [0.717, 1.165) is 37.5 Å². The van der Waals surface area contributed by atoms with Crippen molar-refractivity contribution in [1.82, 2.24) is 10.2 Å². The van der Waals surface area contributed by atoms with Crippen molar-refractivity contribution in [3.8, 4) is 0 Å². The summed E-state index contributed by atoms with van der Waals surface area (Å²) in [5, 5.41) is 8.61. The first kappa shape index (κ1) is 21.6. The number of benzene rings is 2. The molecule has 0 saturated carbocycles. The maximum absolute atomic E-state index is 12.6. The fourth-order valence-electron chi connectivity index (χ4n) is 3.66. The third-order valence-electron chi connectivity index (χ3n) is 5.39. The van der Waals surface area contributed by atoms with E-state index >= 15 is 0 Å². The van der Waals surface area contributed by atoms with Crippen molar-refractivity contribution in [2.45, 2.75) is 25.4 Å². The zero-order valence-corrected chi connectivity index (χ0v) is 18.6. The number of hydrogen-bond acceptors (Lipinski definition) is 4. The van der Waals surface area contributed by atoms with Crippen LogP contribution in [0.2, 0.25) is 5.02 Å². The first-order valence-electron chi connectivity index (χ1n) is 10.3. The molecule has 0 unspecified atom stereocenters. The Balaban J connectivity index is 1.24. The van der Waals surface area contributed by atoms with E-state index in [1.807, 2.05) is 23.6 Å². The van der Waals surface area contributed by atoms with Crippen LogP contribution < -0.4 is 10.6 Å². The summed E-state index contributed by atoms with van der Waals surface area (Å²) in [6, 6.07) is 18.8. The predicted octanol–water partition coefficient (Wildman–Crippen LogP) is 5.05. The van der Waals surface area contributed by atoms with E-state index in [9.17, 15) is 9.59 Å². The lowest BCUT2D eigenvalue weighted by Crippen LogP contribution is -2.44. The molecule has 3 aromatic rings. The number of nitrogens with one attached hydrogen (secondary N) is 2. The summed E-state index contributed by atoms with van der Waals surface area (Å²) in [6.07, 6.45) is 1.85. The van der Waals surface area contributed by atoms with Gasteiger partial charge in [0.1, 0.15) is 0 Å². The molecule has 0 radical (unpaired) electrons. The summed E-state index contributed by atoms with van der Waals surface area (Å²) >= 11 is 7.35. The summed E-state index contributed by atoms with van der Waals surface area (Å²) in [4.78, 5) is 27.8. The second-order valence-corrected chi connectivity index (χ2v) is 9.04. The average molecular weight is 454 g/mol. The third-order valence-corrected chi connectivity index (χ3v) is 6.51. The molecule has 2 N–H and O–H groups in total. The molecule has 1 saturated heterocycles. The molecular weight excluding hydrogens is 430 g/mol. The van der Waals surface area contributed by atoms with Gasteiger partial charge in [-0.15, -0.1) is 11.3 Å². The second kappa shape index (κ2) is 10.1. The van der Waals surface area contributed by atoms with E-state index < -0.39 is 0 Å². The van der Waals surface area contributed by atoms with Crippen LogP contribution in [0.15, 0.2) is 66.0 Å². The molecule has 0 atom stereocenters. The number of hydrogen-bond donors (Lipinski definition) is 2. The average Bonchev–Trinajstić information content (AvgIpc) is 3.32. The van der Waals surface area contributed by atoms with Gasteiger partial charge in [0.2, 0.25) is 0 Å². The molecule has 2 heterocycles. The van der Waals surface area contributed by atoms with Crippen molar-refractivity contribution < 1.29 is 9.59 Å². The van der Waals surface area contributed by atoms with Gasteiger partial charge in [0, 0.05) is 41.9 Å². The summed E-state index contributed by atoms with van der Waals surface area (Å²) in [5.74, 6) is -0.218. The highest BCUT2D eigenvalue weighted by atomic mass is 35.5. The lowest BCUT2D eigenvalue weighted by Gasteiger charge is -2.32. The van der Waals surface area contributed by atoms with Crippen LogP contribution in [0.25, 0.3) is 0 Å². The van der Waals surface area contributed by atoms with E-state index in [2.05, 4.69) is 27.7 Å². The summed E-state index contributed by atoms with van der Waals surface area (Å²) in [7, 11) is 0. The third kappa shape index (κ3) is 5.94. The van der Waals surface area contributed by atoms with Gasteiger partial charge in [-0.2, -0.15) is 0 Å². The Morgan fingerprint density at radius 1 is 0.968 bits per heavy atom. The molecule has 7 heteroatoms. The highest BCUT2D eigenvalue weighted by Crippen LogP contribution is 2.17. The van der Waals surface area contributed by atoms with Crippen molar-refractivity contribution in [3.63, 3.8) is 0 Å². The van der Waals surface area contributed by atoms with Crippen LogP contribution in [0.3, 0.4) is 0 Å². The summed E-state index contributed by atoms with van der Waals surface area (Å²) in [5.41, 5.74) is 2.52. The fraction of sp³-hybridized carbons (Fsp3) is 0.250. The van der Waals surface area contributed by atoms with Gasteiger partial charge in [0.15, 0.2) is 0 Å².